The Morgan fingerprint density at radius 1 is 0.460 bits per heavy atom. The van der Waals surface area contributed by atoms with E-state index in [2.05, 4.69) is 36.4 Å². The van der Waals surface area contributed by atoms with Gasteiger partial charge in [-0.25, -0.2) is 15.0 Å². The first-order chi connectivity index (χ1) is 26.9. The van der Waals surface area contributed by atoms with Crippen molar-refractivity contribution in [1.29, 1.82) is 0 Å². The first-order valence-electron chi connectivity index (χ1n) is 19.0. The van der Waals surface area contributed by atoms with E-state index in [9.17, 15) is 0 Å². The molecule has 0 N–H and O–H groups in total. The third-order valence-electron chi connectivity index (χ3n) is 9.50. The lowest BCUT2D eigenvalue weighted by Crippen LogP contribution is -2.00. The zero-order valence-electron chi connectivity index (χ0n) is 31.6. The van der Waals surface area contributed by atoms with Crippen LogP contribution in [0.15, 0.2) is 174 Å². The Balaban J connectivity index is 1.10. The van der Waals surface area contributed by atoms with Crippen LogP contribution in [-0.4, -0.2) is 15.0 Å². The topological polar surface area (TPSA) is 51.8 Å². The van der Waals surface area contributed by atoms with Gasteiger partial charge in [-0.05, 0) is 63.2 Å². The van der Waals surface area contributed by atoms with Crippen molar-refractivity contribution in [3.05, 3.63) is 186 Å². The van der Waals surface area contributed by atoms with Gasteiger partial charge in [-0.3, -0.25) is 0 Å². The van der Waals surface area contributed by atoms with Crippen LogP contribution in [0.4, 0.5) is 0 Å². The number of furan rings is 1. The molecule has 1 atom stereocenters. The summed E-state index contributed by atoms with van der Waals surface area (Å²) >= 11 is 0. The minimum absolute atomic E-state index is 0.165. The lowest BCUT2D eigenvalue weighted by molar-refractivity contribution is 0.668. The van der Waals surface area contributed by atoms with Gasteiger partial charge in [0.2, 0.25) is 0 Å². The summed E-state index contributed by atoms with van der Waals surface area (Å²) < 4.78 is 48.8. The molecule has 2 aromatic heterocycles. The molecule has 1 unspecified atom stereocenters. The van der Waals surface area contributed by atoms with Crippen LogP contribution < -0.4 is 0 Å². The lowest BCUT2D eigenvalue weighted by Gasteiger charge is -2.15. The van der Waals surface area contributed by atoms with E-state index in [1.54, 1.807) is 0 Å². The summed E-state index contributed by atoms with van der Waals surface area (Å²) in [6.45, 7) is 0. The average molecular weight is 645 g/mol. The highest BCUT2D eigenvalue weighted by molar-refractivity contribution is 6.06. The number of hydrogen-bond acceptors (Lipinski definition) is 4. The molecule has 0 amide bonds. The van der Waals surface area contributed by atoms with Crippen molar-refractivity contribution in [2.45, 2.75) is 5.92 Å². The molecule has 50 heavy (non-hydrogen) atoms. The minimum atomic E-state index is -0.405. The highest BCUT2D eigenvalue weighted by Gasteiger charge is 2.32. The lowest BCUT2D eigenvalue weighted by atomic mass is 9.88. The number of nitrogens with zero attached hydrogens (tertiary/aromatic N) is 3. The van der Waals surface area contributed by atoms with E-state index >= 15 is 0 Å². The maximum Gasteiger partial charge on any atom is 0.164 e. The van der Waals surface area contributed by atoms with Crippen molar-refractivity contribution in [3.8, 4) is 56.4 Å². The van der Waals surface area contributed by atoms with Crippen molar-refractivity contribution in [3.63, 3.8) is 0 Å². The highest BCUT2D eigenvalue weighted by Crippen LogP contribution is 2.52. The normalized spacial score (nSPS) is 14.8. The molecule has 10 rings (SSSR count). The van der Waals surface area contributed by atoms with E-state index in [0.29, 0.717) is 23.0 Å². The van der Waals surface area contributed by atoms with Crippen LogP contribution in [0.2, 0.25) is 0 Å². The maximum absolute atomic E-state index is 8.75. The fourth-order valence-electron chi connectivity index (χ4n) is 7.26. The molecule has 1 aliphatic rings. The summed E-state index contributed by atoms with van der Waals surface area (Å²) in [5.74, 6) is 1.59. The van der Waals surface area contributed by atoms with Gasteiger partial charge in [0, 0.05) is 33.4 Å². The van der Waals surface area contributed by atoms with Crippen molar-refractivity contribution in [2.75, 3.05) is 0 Å². The smallest absolute Gasteiger partial charge is 0.164 e. The summed E-state index contributed by atoms with van der Waals surface area (Å²) in [6, 6.07) is 44.6. The molecule has 0 aliphatic heterocycles. The molecule has 0 fully saturated rings. The van der Waals surface area contributed by atoms with Crippen LogP contribution in [0.5, 0.6) is 0 Å². The Hall–Kier alpha value is -6.65. The molecule has 0 spiro atoms. The average Bonchev–Trinajstić information content (AvgIpc) is 3.78. The Morgan fingerprint density at radius 3 is 1.84 bits per heavy atom. The number of rotatable bonds is 5. The number of aromatic nitrogens is 3. The summed E-state index contributed by atoms with van der Waals surface area (Å²) in [6.07, 6.45) is 0. The summed E-state index contributed by atoms with van der Waals surface area (Å²) in [5, 5.41) is 1.90. The van der Waals surface area contributed by atoms with Crippen molar-refractivity contribution < 1.29 is 11.3 Å². The van der Waals surface area contributed by atoms with Crippen LogP contribution >= 0.6 is 0 Å². The van der Waals surface area contributed by atoms with Gasteiger partial charge in [-0.2, -0.15) is 0 Å². The first-order valence-corrected chi connectivity index (χ1v) is 16.5. The molecule has 234 valence electrons. The molecule has 4 nitrogen and oxygen atoms in total. The van der Waals surface area contributed by atoms with E-state index in [4.69, 9.17) is 26.2 Å². The number of benzene rings is 7. The van der Waals surface area contributed by atoms with Crippen molar-refractivity contribution >= 4 is 21.9 Å². The minimum Gasteiger partial charge on any atom is -0.456 e. The Labute approximate surface area is 296 Å². The molecule has 7 aromatic carbocycles. The standard InChI is InChI=1S/C46H29N3O/c1-4-13-29(14-5-1)34-21-12-22-38-42(36-19-10-11-20-37(36)43(34)38)32-23-25-35-39-27-33(24-26-40(39)50-41(35)28-32)46-48-44(30-15-6-2-7-16-30)47-45(49-46)31-17-8-3-9-18-31/h1-28,42H/i1D,4D,5D,13D,14D. The van der Waals surface area contributed by atoms with Crippen LogP contribution in [-0.2, 0) is 0 Å². The second-order valence-corrected chi connectivity index (χ2v) is 12.4. The molecule has 2 heterocycles. The number of fused-ring (bicyclic) bond motifs is 6. The molecule has 9 aromatic rings. The Morgan fingerprint density at radius 2 is 1.10 bits per heavy atom. The Kier molecular flexibility index (Phi) is 5.44. The summed E-state index contributed by atoms with van der Waals surface area (Å²) in [7, 11) is 0. The van der Waals surface area contributed by atoms with Gasteiger partial charge >= 0.3 is 0 Å². The van der Waals surface area contributed by atoms with E-state index in [1.165, 1.54) is 0 Å². The van der Waals surface area contributed by atoms with Crippen LogP contribution in [0.1, 0.15) is 29.5 Å². The van der Waals surface area contributed by atoms with Gasteiger partial charge in [0.1, 0.15) is 11.2 Å². The van der Waals surface area contributed by atoms with Gasteiger partial charge in [-0.1, -0.05) is 145 Å². The fraction of sp³-hybridized carbons (Fsp3) is 0.0217. The Bertz CT molecular complexity index is 2910. The van der Waals surface area contributed by atoms with E-state index in [-0.39, 0.29) is 35.7 Å². The second kappa shape index (κ2) is 11.5. The zero-order chi connectivity index (χ0) is 37.4. The van der Waals surface area contributed by atoms with Gasteiger partial charge in [0.25, 0.3) is 0 Å². The van der Waals surface area contributed by atoms with Crippen molar-refractivity contribution in [2.24, 2.45) is 0 Å². The SMILES string of the molecule is [2H]c1c([2H])c([2H])c(-c2cccc3c2-c2ccccc2C3c2ccc3c(c2)oc2ccc(-c4nc(-c5ccccc5)nc(-c5ccccc5)n4)cc23)c([2H])c1[2H]. The number of hydrogen-bond donors (Lipinski definition) is 0. The third kappa shape index (κ3) is 4.65. The van der Waals surface area contributed by atoms with Crippen LogP contribution in [0.25, 0.3) is 78.4 Å². The monoisotopic (exact) mass is 644 g/mol. The molecule has 4 heteroatoms. The molecule has 0 radical (unpaired) electrons. The molecule has 1 aliphatic carbocycles. The molecular weight excluding hydrogens is 611 g/mol. The van der Waals surface area contributed by atoms with Crippen LogP contribution in [0, 0.1) is 0 Å². The quantitative estimate of drug-likeness (QED) is 0.187. The third-order valence-corrected chi connectivity index (χ3v) is 9.50. The molecule has 0 saturated carbocycles. The predicted octanol–water partition coefficient (Wildman–Crippen LogP) is 11.6. The van der Waals surface area contributed by atoms with Gasteiger partial charge in [0.15, 0.2) is 17.5 Å². The molecule has 0 bridgehead atoms. The van der Waals surface area contributed by atoms with Crippen molar-refractivity contribution in [1.82, 2.24) is 15.0 Å². The van der Waals surface area contributed by atoms with E-state index in [1.807, 2.05) is 103 Å². The zero-order valence-corrected chi connectivity index (χ0v) is 26.6. The van der Waals surface area contributed by atoms with Gasteiger partial charge in [-0.15, -0.1) is 0 Å². The van der Waals surface area contributed by atoms with Crippen LogP contribution in [0.3, 0.4) is 0 Å². The predicted molar refractivity (Wildman–Crippen MR) is 202 cm³/mol. The first kappa shape index (κ1) is 23.6. The summed E-state index contributed by atoms with van der Waals surface area (Å²) in [5.41, 5.74) is 9.90. The maximum atomic E-state index is 8.75. The van der Waals surface area contributed by atoms with Gasteiger partial charge < -0.3 is 4.42 Å². The van der Waals surface area contributed by atoms with E-state index < -0.39 is 6.04 Å². The van der Waals surface area contributed by atoms with E-state index in [0.717, 1.165) is 66.4 Å². The fourth-order valence-corrected chi connectivity index (χ4v) is 7.26. The largest absolute Gasteiger partial charge is 0.456 e. The second-order valence-electron chi connectivity index (χ2n) is 12.4. The molecule has 0 saturated heterocycles. The highest BCUT2D eigenvalue weighted by atomic mass is 16.3. The van der Waals surface area contributed by atoms with Gasteiger partial charge in [0.05, 0.1) is 6.85 Å². The molecular formula is C46H29N3O. The summed E-state index contributed by atoms with van der Waals surface area (Å²) in [4.78, 5) is 14.7.